The molecule has 36 heavy (non-hydrogen) atoms. The highest BCUT2D eigenvalue weighted by atomic mass is 16.5. The van der Waals surface area contributed by atoms with Crippen LogP contribution in [0.4, 0.5) is 4.79 Å². The molecule has 0 bridgehead atoms. The molecule has 0 radical (unpaired) electrons. The Labute approximate surface area is 211 Å². The van der Waals surface area contributed by atoms with Gasteiger partial charge >= 0.3 is 11.9 Å². The van der Waals surface area contributed by atoms with Crippen molar-refractivity contribution in [1.29, 1.82) is 0 Å². The topological polar surface area (TPSA) is 150 Å². The first kappa shape index (κ1) is 26.2. The molecule has 1 saturated heterocycles. The quantitative estimate of drug-likeness (QED) is 0.185. The highest BCUT2D eigenvalue weighted by Gasteiger charge is 2.59. The SMILES string of the molecule is NC(=O)[C@@H]1CCC[N+]1(C(=O)NC1CCc2ccccc2C1O)C(=O)[C@H](CC1CCCC1)CN(O)C=O. The number of benzene rings is 1. The number of aliphatic hydroxyl groups excluding tert-OH is 1. The molecule has 5 atom stereocenters. The van der Waals surface area contributed by atoms with Gasteiger partial charge in [-0.25, -0.2) is 14.7 Å². The fourth-order valence-electron chi connectivity index (χ4n) is 6.53. The van der Waals surface area contributed by atoms with E-state index in [2.05, 4.69) is 5.32 Å². The standard InChI is InChI=1S/C26H36N4O6/c27-24(33)22-10-5-13-30(22,25(34)19(15-29(36)16-31)14-17-6-1-2-7-17)26(35)28-21-12-11-18-8-3-4-9-20(18)23(21)32/h3-4,8-9,16-17,19,21-23,32,36H,1-2,5-7,10-15H2,(H2-,27,28,33,35)/p+1/t19-,21?,22+,23?,30?/m1/s1. The molecule has 196 valence electrons. The minimum absolute atomic E-state index is 0.103. The summed E-state index contributed by atoms with van der Waals surface area (Å²) in [6, 6.07) is 5.18. The number of urea groups is 1. The molecule has 2 aliphatic carbocycles. The predicted octanol–water partition coefficient (Wildman–Crippen LogP) is 1.78. The van der Waals surface area contributed by atoms with Gasteiger partial charge in [0.05, 0.1) is 31.2 Å². The number of hydrogen-bond donors (Lipinski definition) is 4. The molecule has 1 aliphatic heterocycles. The molecule has 1 heterocycles. The van der Waals surface area contributed by atoms with E-state index in [1.807, 2.05) is 24.3 Å². The van der Waals surface area contributed by atoms with E-state index in [9.17, 15) is 29.5 Å². The molecule has 10 nitrogen and oxygen atoms in total. The Morgan fingerprint density at radius 3 is 2.56 bits per heavy atom. The Morgan fingerprint density at radius 1 is 1.14 bits per heavy atom. The van der Waals surface area contributed by atoms with Crippen LogP contribution in [-0.4, -0.2) is 69.3 Å². The molecule has 0 aromatic heterocycles. The second kappa shape index (κ2) is 11.1. The van der Waals surface area contributed by atoms with E-state index in [-0.39, 0.29) is 31.8 Å². The Morgan fingerprint density at radius 2 is 1.86 bits per heavy atom. The fourth-order valence-corrected chi connectivity index (χ4v) is 6.53. The van der Waals surface area contributed by atoms with Crippen LogP contribution >= 0.6 is 0 Å². The van der Waals surface area contributed by atoms with E-state index in [1.165, 1.54) is 0 Å². The van der Waals surface area contributed by atoms with Gasteiger partial charge in [0.2, 0.25) is 6.41 Å². The van der Waals surface area contributed by atoms with Crippen LogP contribution in [0.3, 0.4) is 0 Å². The van der Waals surface area contributed by atoms with Crippen molar-refractivity contribution in [2.45, 2.75) is 76.0 Å². The molecule has 10 heteroatoms. The number of amides is 5. The van der Waals surface area contributed by atoms with E-state index in [4.69, 9.17) is 5.73 Å². The number of likely N-dealkylation sites (tertiary alicyclic amines) is 1. The maximum absolute atomic E-state index is 14.2. The lowest BCUT2D eigenvalue weighted by Gasteiger charge is -2.38. The molecule has 3 aliphatic rings. The number of nitrogens with one attached hydrogen (secondary N) is 1. The molecule has 1 saturated carbocycles. The number of carbonyl (C=O) groups is 4. The first-order valence-electron chi connectivity index (χ1n) is 13.0. The fraction of sp³-hybridized carbons (Fsp3) is 0.615. The second-order valence-corrected chi connectivity index (χ2v) is 10.5. The lowest BCUT2D eigenvalue weighted by molar-refractivity contribution is -0.779. The van der Waals surface area contributed by atoms with E-state index in [1.54, 1.807) is 0 Å². The van der Waals surface area contributed by atoms with Gasteiger partial charge in [-0.2, -0.15) is 4.48 Å². The van der Waals surface area contributed by atoms with Gasteiger partial charge in [-0.3, -0.25) is 20.1 Å². The molecule has 4 rings (SSSR count). The maximum atomic E-state index is 14.2. The number of aliphatic hydroxyl groups is 1. The van der Waals surface area contributed by atoms with Gasteiger partial charge in [-0.15, -0.1) is 0 Å². The van der Waals surface area contributed by atoms with Crippen molar-refractivity contribution in [2.24, 2.45) is 17.6 Å². The van der Waals surface area contributed by atoms with Crippen molar-refractivity contribution < 1.29 is 34.0 Å². The van der Waals surface area contributed by atoms with Crippen molar-refractivity contribution in [1.82, 2.24) is 10.4 Å². The number of hydroxylamine groups is 2. The minimum atomic E-state index is -1.04. The summed E-state index contributed by atoms with van der Waals surface area (Å²) in [7, 11) is 0. The number of fused-ring (bicyclic) bond motifs is 1. The molecular weight excluding hydrogens is 464 g/mol. The Balaban J connectivity index is 1.63. The minimum Gasteiger partial charge on any atom is -0.386 e. The molecule has 5 N–H and O–H groups in total. The first-order chi connectivity index (χ1) is 17.3. The van der Waals surface area contributed by atoms with Crippen LogP contribution in [0.5, 0.6) is 0 Å². The summed E-state index contributed by atoms with van der Waals surface area (Å²) in [4.78, 5) is 51.8. The van der Waals surface area contributed by atoms with Crippen LogP contribution in [-0.2, 0) is 20.8 Å². The number of primary amides is 1. The number of quaternary nitrogens is 1. The summed E-state index contributed by atoms with van der Waals surface area (Å²) < 4.78 is -0.787. The number of rotatable bonds is 8. The van der Waals surface area contributed by atoms with Crippen LogP contribution < -0.4 is 11.1 Å². The van der Waals surface area contributed by atoms with Gasteiger partial charge in [0, 0.05) is 12.8 Å². The normalized spacial score (nSPS) is 28.8. The van der Waals surface area contributed by atoms with Gasteiger partial charge in [-0.1, -0.05) is 49.9 Å². The van der Waals surface area contributed by atoms with Gasteiger partial charge in [0.1, 0.15) is 0 Å². The number of hydrogen-bond acceptors (Lipinski definition) is 6. The number of imide groups is 1. The third-order valence-electron chi connectivity index (χ3n) is 8.36. The highest BCUT2D eigenvalue weighted by Crippen LogP contribution is 2.37. The van der Waals surface area contributed by atoms with Crippen LogP contribution in [0.15, 0.2) is 24.3 Å². The highest BCUT2D eigenvalue weighted by molar-refractivity contribution is 5.91. The third kappa shape index (κ3) is 5.02. The summed E-state index contributed by atoms with van der Waals surface area (Å²) in [5.41, 5.74) is 7.46. The van der Waals surface area contributed by atoms with Crippen LogP contribution in [0.25, 0.3) is 0 Å². The van der Waals surface area contributed by atoms with Crippen LogP contribution in [0, 0.1) is 11.8 Å². The van der Waals surface area contributed by atoms with Gasteiger partial charge in [-0.05, 0) is 36.3 Å². The van der Waals surface area contributed by atoms with Crippen LogP contribution in [0.1, 0.15) is 68.6 Å². The molecule has 0 spiro atoms. The molecule has 5 amide bonds. The molecular formula is C26H37N4O6+. The van der Waals surface area contributed by atoms with E-state index in [0.717, 1.165) is 36.8 Å². The maximum Gasteiger partial charge on any atom is 0.425 e. The van der Waals surface area contributed by atoms with E-state index in [0.29, 0.717) is 30.7 Å². The second-order valence-electron chi connectivity index (χ2n) is 10.5. The lowest BCUT2D eigenvalue weighted by atomic mass is 9.86. The summed E-state index contributed by atoms with van der Waals surface area (Å²) in [6.45, 7) is -0.150. The van der Waals surface area contributed by atoms with Crippen molar-refractivity contribution in [2.75, 3.05) is 13.1 Å². The average molecular weight is 502 g/mol. The van der Waals surface area contributed by atoms with Crippen molar-refractivity contribution in [3.8, 4) is 0 Å². The predicted molar refractivity (Wildman–Crippen MR) is 129 cm³/mol. The largest absolute Gasteiger partial charge is 0.425 e. The van der Waals surface area contributed by atoms with Crippen LogP contribution in [0.2, 0.25) is 0 Å². The Hall–Kier alpha value is -2.82. The van der Waals surface area contributed by atoms with Gasteiger partial charge < -0.3 is 10.8 Å². The van der Waals surface area contributed by atoms with Gasteiger partial charge in [0.15, 0.2) is 6.04 Å². The van der Waals surface area contributed by atoms with Crippen molar-refractivity contribution in [3.05, 3.63) is 35.4 Å². The summed E-state index contributed by atoms with van der Waals surface area (Å²) in [6.07, 6.45) is 5.58. The van der Waals surface area contributed by atoms with Crippen molar-refractivity contribution in [3.63, 3.8) is 0 Å². The first-order valence-corrected chi connectivity index (χ1v) is 13.0. The Bertz CT molecular complexity index is 996. The third-order valence-corrected chi connectivity index (χ3v) is 8.36. The zero-order valence-electron chi connectivity index (χ0n) is 20.6. The molecule has 3 unspecified atom stereocenters. The summed E-state index contributed by atoms with van der Waals surface area (Å²) >= 11 is 0. The Kier molecular flexibility index (Phi) is 8.07. The zero-order valence-corrected chi connectivity index (χ0v) is 20.6. The van der Waals surface area contributed by atoms with Crippen molar-refractivity contribution >= 4 is 24.3 Å². The van der Waals surface area contributed by atoms with E-state index < -0.39 is 46.4 Å². The summed E-state index contributed by atoms with van der Waals surface area (Å²) in [5, 5.41) is 24.3. The molecule has 2 fully saturated rings. The lowest BCUT2D eigenvalue weighted by Crippen LogP contribution is -2.69. The number of nitrogens with two attached hydrogens (primary N) is 1. The molecule has 1 aromatic rings. The monoisotopic (exact) mass is 501 g/mol. The van der Waals surface area contributed by atoms with Gasteiger partial charge in [0.25, 0.3) is 5.91 Å². The average Bonchev–Trinajstić information content (AvgIpc) is 3.55. The number of aryl methyl sites for hydroxylation is 1. The summed E-state index contributed by atoms with van der Waals surface area (Å²) in [5.74, 6) is -1.83. The number of carbonyl (C=O) groups excluding carboxylic acids is 4. The smallest absolute Gasteiger partial charge is 0.386 e. The number of nitrogens with zero attached hydrogens (tertiary/aromatic N) is 2. The van der Waals surface area contributed by atoms with E-state index >= 15 is 0 Å². The molecule has 1 aromatic carbocycles. The zero-order chi connectivity index (χ0) is 25.9.